The van der Waals surface area contributed by atoms with E-state index in [9.17, 15) is 9.59 Å². The zero-order valence-corrected chi connectivity index (χ0v) is 13.8. The van der Waals surface area contributed by atoms with Crippen molar-refractivity contribution in [1.29, 1.82) is 0 Å². The van der Waals surface area contributed by atoms with Crippen molar-refractivity contribution in [2.45, 2.75) is 13.8 Å². The van der Waals surface area contributed by atoms with Crippen LogP contribution in [0.25, 0.3) is 11.0 Å². The van der Waals surface area contributed by atoms with Crippen LogP contribution < -0.4 is 4.74 Å². The lowest BCUT2D eigenvalue weighted by atomic mass is 10.2. The van der Waals surface area contributed by atoms with Gasteiger partial charge in [0.25, 0.3) is 0 Å². The number of hydrogen-bond acceptors (Lipinski definition) is 5. The molecule has 0 saturated heterocycles. The first-order valence-corrected chi connectivity index (χ1v) is 7.29. The molecule has 5 nitrogen and oxygen atoms in total. The lowest BCUT2D eigenvalue weighted by Gasteiger charge is -2.06. The Balaban J connectivity index is 2.55. The van der Waals surface area contributed by atoms with Crippen LogP contribution in [0.2, 0.25) is 0 Å². The van der Waals surface area contributed by atoms with Crippen molar-refractivity contribution in [3.8, 4) is 5.75 Å². The molecule has 0 radical (unpaired) electrons. The fraction of sp³-hybridized carbons (Fsp3) is 0.231. The molecule has 0 amide bonds. The third-order valence-electron chi connectivity index (χ3n) is 2.39. The smallest absolute Gasteiger partial charge is 0.374 e. The van der Waals surface area contributed by atoms with Crippen LogP contribution in [-0.4, -0.2) is 18.5 Å². The Labute approximate surface area is 131 Å². The Bertz CT molecular complexity index is 690. The number of furan rings is 1. The highest BCUT2D eigenvalue weighted by atomic mass is 79.9. The summed E-state index contributed by atoms with van der Waals surface area (Å²) < 4.78 is 16.5. The van der Waals surface area contributed by atoms with Gasteiger partial charge in [0.1, 0.15) is 5.58 Å². The molecule has 7 heteroatoms. The summed E-state index contributed by atoms with van der Waals surface area (Å²) >= 11 is 6.63. The number of hydrogen-bond donors (Lipinski definition) is 0. The van der Waals surface area contributed by atoms with Gasteiger partial charge in [-0.3, -0.25) is 4.79 Å². The molecular weight excluding hydrogens is 396 g/mol. The minimum Gasteiger partial charge on any atom is -0.460 e. The molecule has 0 unspecified atom stereocenters. The molecule has 2 aromatic rings. The van der Waals surface area contributed by atoms with Crippen molar-refractivity contribution in [2.75, 3.05) is 6.61 Å². The third-order valence-corrected chi connectivity index (χ3v) is 3.77. The molecule has 1 aromatic carbocycles. The summed E-state index contributed by atoms with van der Waals surface area (Å²) in [7, 11) is 0. The highest BCUT2D eigenvalue weighted by molar-refractivity contribution is 9.11. The van der Waals surface area contributed by atoms with E-state index >= 15 is 0 Å². The van der Waals surface area contributed by atoms with Crippen LogP contribution in [0, 0.1) is 0 Å². The van der Waals surface area contributed by atoms with Crippen LogP contribution in [0.3, 0.4) is 0 Å². The summed E-state index contributed by atoms with van der Waals surface area (Å²) in [6.07, 6.45) is 0. The number of rotatable bonds is 3. The van der Waals surface area contributed by atoms with Gasteiger partial charge in [-0.05, 0) is 44.8 Å². The summed E-state index contributed by atoms with van der Waals surface area (Å²) in [4.78, 5) is 22.7. The first-order valence-electron chi connectivity index (χ1n) is 5.71. The van der Waals surface area contributed by atoms with E-state index in [2.05, 4.69) is 31.9 Å². The standard InChI is InChI=1S/C13H10Br2O5/c1-3-18-13(17)10-4-7-9(20-10)5-8(14)12(11(7)15)19-6(2)16/h4-5H,3H2,1-2H3. The third kappa shape index (κ3) is 2.88. The number of fused-ring (bicyclic) bond motifs is 1. The molecule has 2 rings (SSSR count). The van der Waals surface area contributed by atoms with Crippen LogP contribution in [0.4, 0.5) is 0 Å². The number of benzene rings is 1. The quantitative estimate of drug-likeness (QED) is 0.569. The zero-order chi connectivity index (χ0) is 14.9. The molecule has 0 bridgehead atoms. The van der Waals surface area contributed by atoms with Gasteiger partial charge in [-0.1, -0.05) is 0 Å². The van der Waals surface area contributed by atoms with Gasteiger partial charge >= 0.3 is 11.9 Å². The van der Waals surface area contributed by atoms with Gasteiger partial charge < -0.3 is 13.9 Å². The van der Waals surface area contributed by atoms with E-state index in [4.69, 9.17) is 13.9 Å². The van der Waals surface area contributed by atoms with Crippen molar-refractivity contribution in [2.24, 2.45) is 0 Å². The topological polar surface area (TPSA) is 65.7 Å². The van der Waals surface area contributed by atoms with Gasteiger partial charge in [0.15, 0.2) is 5.75 Å². The van der Waals surface area contributed by atoms with E-state index in [0.29, 0.717) is 25.7 Å². The summed E-state index contributed by atoms with van der Waals surface area (Å²) in [6.45, 7) is 3.29. The highest BCUT2D eigenvalue weighted by Crippen LogP contribution is 2.41. The van der Waals surface area contributed by atoms with Gasteiger partial charge in [0.2, 0.25) is 5.76 Å². The molecule has 1 aromatic heterocycles. The van der Waals surface area contributed by atoms with Gasteiger partial charge in [-0.2, -0.15) is 0 Å². The van der Waals surface area contributed by atoms with Crippen molar-refractivity contribution < 1.29 is 23.5 Å². The Kier molecular flexibility index (Phi) is 4.49. The minimum atomic E-state index is -0.541. The molecule has 0 aliphatic rings. The Hall–Kier alpha value is -1.34. The second kappa shape index (κ2) is 5.97. The van der Waals surface area contributed by atoms with E-state index in [0.717, 1.165) is 0 Å². The van der Waals surface area contributed by atoms with Gasteiger partial charge in [-0.15, -0.1) is 0 Å². The maximum absolute atomic E-state index is 11.6. The number of halogens is 2. The maximum Gasteiger partial charge on any atom is 0.374 e. The van der Waals surface area contributed by atoms with Crippen LogP contribution in [0.5, 0.6) is 5.75 Å². The molecule has 0 aliphatic carbocycles. The summed E-state index contributed by atoms with van der Waals surface area (Å²) in [5.41, 5.74) is 0.475. The second-order valence-corrected chi connectivity index (χ2v) is 5.49. The predicted molar refractivity (Wildman–Crippen MR) is 78.9 cm³/mol. The normalized spacial score (nSPS) is 10.6. The first kappa shape index (κ1) is 15.1. The van der Waals surface area contributed by atoms with E-state index in [1.807, 2.05) is 0 Å². The first-order chi connectivity index (χ1) is 9.43. The molecule has 0 spiro atoms. The van der Waals surface area contributed by atoms with Crippen molar-refractivity contribution in [3.05, 3.63) is 26.8 Å². The van der Waals surface area contributed by atoms with Gasteiger partial charge in [0.05, 0.1) is 15.6 Å². The maximum atomic E-state index is 11.6. The second-order valence-electron chi connectivity index (χ2n) is 3.84. The summed E-state index contributed by atoms with van der Waals surface area (Å²) in [6, 6.07) is 3.16. The number of carbonyl (C=O) groups is 2. The Morgan fingerprint density at radius 3 is 2.60 bits per heavy atom. The van der Waals surface area contributed by atoms with Crippen LogP contribution in [-0.2, 0) is 9.53 Å². The van der Waals surface area contributed by atoms with Crippen molar-refractivity contribution >= 4 is 54.8 Å². The van der Waals surface area contributed by atoms with E-state index < -0.39 is 11.9 Å². The number of ether oxygens (including phenoxy) is 2. The lowest BCUT2D eigenvalue weighted by Crippen LogP contribution is -2.02. The molecule has 0 aliphatic heterocycles. The van der Waals surface area contributed by atoms with Crippen LogP contribution in [0.15, 0.2) is 25.5 Å². The van der Waals surface area contributed by atoms with Crippen molar-refractivity contribution in [1.82, 2.24) is 0 Å². The Morgan fingerprint density at radius 2 is 2.00 bits per heavy atom. The number of esters is 2. The molecule has 1 heterocycles. The molecule has 0 fully saturated rings. The molecule has 20 heavy (non-hydrogen) atoms. The van der Waals surface area contributed by atoms with Gasteiger partial charge in [-0.25, -0.2) is 4.79 Å². The molecule has 106 valence electrons. The van der Waals surface area contributed by atoms with Crippen molar-refractivity contribution in [3.63, 3.8) is 0 Å². The number of carbonyl (C=O) groups excluding carboxylic acids is 2. The summed E-state index contributed by atoms with van der Waals surface area (Å²) in [5, 5.41) is 0.618. The SMILES string of the molecule is CCOC(=O)c1cc2c(Br)c(OC(C)=O)c(Br)cc2o1. The van der Waals surface area contributed by atoms with E-state index in [1.165, 1.54) is 13.0 Å². The fourth-order valence-corrected chi connectivity index (χ4v) is 2.99. The van der Waals surface area contributed by atoms with Gasteiger partial charge in [0, 0.05) is 18.4 Å². The van der Waals surface area contributed by atoms with Crippen LogP contribution in [0.1, 0.15) is 24.4 Å². The monoisotopic (exact) mass is 404 g/mol. The molecule has 0 atom stereocenters. The molecular formula is C13H10Br2O5. The van der Waals surface area contributed by atoms with E-state index in [-0.39, 0.29) is 12.4 Å². The highest BCUT2D eigenvalue weighted by Gasteiger charge is 2.20. The Morgan fingerprint density at radius 1 is 1.30 bits per heavy atom. The molecule has 0 saturated carbocycles. The molecule has 0 N–H and O–H groups in total. The zero-order valence-electron chi connectivity index (χ0n) is 10.7. The fourth-order valence-electron chi connectivity index (χ4n) is 1.63. The van der Waals surface area contributed by atoms with Crippen LogP contribution >= 0.6 is 31.9 Å². The van der Waals surface area contributed by atoms with E-state index in [1.54, 1.807) is 13.0 Å². The summed E-state index contributed by atoms with van der Waals surface area (Å²) in [5.74, 6) is -0.559. The lowest BCUT2D eigenvalue weighted by molar-refractivity contribution is -0.131. The predicted octanol–water partition coefficient (Wildman–Crippen LogP) is 4.06. The average Bonchev–Trinajstić information content (AvgIpc) is 2.78. The average molecular weight is 406 g/mol. The minimum absolute atomic E-state index is 0.0921. The largest absolute Gasteiger partial charge is 0.460 e.